The average Bonchev–Trinajstić information content (AvgIpc) is 2.68. The van der Waals surface area contributed by atoms with Crippen molar-refractivity contribution in [2.75, 3.05) is 13.1 Å². The van der Waals surface area contributed by atoms with E-state index in [2.05, 4.69) is 88.4 Å². The normalized spacial score (nSPS) is 21.8. The van der Waals surface area contributed by atoms with Crippen LogP contribution in [-0.2, 0) is 4.79 Å². The minimum atomic E-state index is -0.401. The summed E-state index contributed by atoms with van der Waals surface area (Å²) in [4.78, 5) is 13.6. The van der Waals surface area contributed by atoms with E-state index in [9.17, 15) is 4.79 Å². The third kappa shape index (κ3) is 6.97. The summed E-state index contributed by atoms with van der Waals surface area (Å²) in [7, 11) is 0. The van der Waals surface area contributed by atoms with Crippen LogP contribution in [0.1, 0.15) is 89.5 Å². The van der Waals surface area contributed by atoms with Crippen molar-refractivity contribution in [3.63, 3.8) is 0 Å². The monoisotopic (exact) mass is 410 g/mol. The van der Waals surface area contributed by atoms with Crippen molar-refractivity contribution in [3.8, 4) is 0 Å². The van der Waals surface area contributed by atoms with Crippen LogP contribution in [0.15, 0.2) is 0 Å². The molecule has 0 radical (unpaired) electrons. The van der Waals surface area contributed by atoms with E-state index in [1.165, 1.54) is 0 Å². The lowest BCUT2D eigenvalue weighted by molar-refractivity contribution is -0.141. The lowest BCUT2D eigenvalue weighted by Gasteiger charge is -2.48. The van der Waals surface area contributed by atoms with E-state index in [0.29, 0.717) is 66.4 Å². The number of rotatable bonds is 13. The van der Waals surface area contributed by atoms with Gasteiger partial charge in [-0.25, -0.2) is 0 Å². The molecule has 0 aromatic rings. The number of hydrogen-bond acceptors (Lipinski definition) is 2. The van der Waals surface area contributed by atoms with Gasteiger partial charge >= 0.3 is 0 Å². The van der Waals surface area contributed by atoms with Crippen LogP contribution in [0.5, 0.6) is 0 Å². The predicted octanol–water partition coefficient (Wildman–Crippen LogP) is 6.22. The second-order valence-corrected chi connectivity index (χ2v) is 11.0. The third-order valence-electron chi connectivity index (χ3n) is 9.22. The maximum Gasteiger partial charge on any atom is 0.226 e. The third-order valence-corrected chi connectivity index (χ3v) is 9.22. The van der Waals surface area contributed by atoms with Crippen molar-refractivity contribution in [2.24, 2.45) is 64.4 Å². The summed E-state index contributed by atoms with van der Waals surface area (Å²) in [6.07, 6.45) is 0.832. The summed E-state index contributed by atoms with van der Waals surface area (Å²) < 4.78 is 0. The second kappa shape index (κ2) is 12.3. The molecule has 1 amide bonds. The molecule has 8 unspecified atom stereocenters. The largest absolute Gasteiger partial charge is 0.356 e. The first-order chi connectivity index (χ1) is 13.2. The quantitative estimate of drug-likeness (QED) is 0.354. The summed E-state index contributed by atoms with van der Waals surface area (Å²) in [5.41, 5.74) is 5.26. The van der Waals surface area contributed by atoms with Crippen LogP contribution in [0.25, 0.3) is 0 Å². The second-order valence-electron chi connectivity index (χ2n) is 11.0. The van der Waals surface area contributed by atoms with Crippen LogP contribution in [0.2, 0.25) is 0 Å². The molecule has 0 aromatic heterocycles. The molecule has 0 fully saturated rings. The fourth-order valence-electron chi connectivity index (χ4n) is 5.02. The molecule has 174 valence electrons. The van der Waals surface area contributed by atoms with Gasteiger partial charge in [0.25, 0.3) is 0 Å². The number of nitrogens with one attached hydrogen (secondary N) is 1. The predicted molar refractivity (Wildman–Crippen MR) is 129 cm³/mol. The molecular formula is C26H54N2O. The van der Waals surface area contributed by atoms with Gasteiger partial charge in [-0.1, -0.05) is 83.1 Å². The van der Waals surface area contributed by atoms with E-state index in [1.54, 1.807) is 0 Å². The average molecular weight is 411 g/mol. The van der Waals surface area contributed by atoms with Crippen molar-refractivity contribution in [1.82, 2.24) is 5.32 Å². The molecule has 29 heavy (non-hydrogen) atoms. The summed E-state index contributed by atoms with van der Waals surface area (Å²) in [6.45, 7) is 29.2. The Morgan fingerprint density at radius 2 is 1.10 bits per heavy atom. The Kier molecular flexibility index (Phi) is 12.1. The molecule has 0 heterocycles. The van der Waals surface area contributed by atoms with Crippen LogP contribution >= 0.6 is 0 Å². The first kappa shape index (κ1) is 28.4. The molecule has 0 saturated carbocycles. The summed E-state index contributed by atoms with van der Waals surface area (Å²) >= 11 is 0. The number of amides is 1. The minimum Gasteiger partial charge on any atom is -0.356 e. The van der Waals surface area contributed by atoms with E-state index < -0.39 is 5.41 Å². The van der Waals surface area contributed by atoms with Gasteiger partial charge in [-0.05, 0) is 66.2 Å². The molecule has 0 rings (SSSR count). The summed E-state index contributed by atoms with van der Waals surface area (Å²) in [6, 6.07) is 0. The van der Waals surface area contributed by atoms with Gasteiger partial charge in [0.15, 0.2) is 0 Å². The van der Waals surface area contributed by atoms with Crippen molar-refractivity contribution in [3.05, 3.63) is 0 Å². The number of nitrogens with two attached hydrogens (primary N) is 1. The van der Waals surface area contributed by atoms with E-state index in [4.69, 9.17) is 5.73 Å². The van der Waals surface area contributed by atoms with Gasteiger partial charge in [-0.3, -0.25) is 4.79 Å². The molecule has 3 N–H and O–H groups in total. The van der Waals surface area contributed by atoms with Crippen LogP contribution in [0.4, 0.5) is 0 Å². The smallest absolute Gasteiger partial charge is 0.226 e. The minimum absolute atomic E-state index is 0.213. The Bertz CT molecular complexity index is 475. The molecule has 8 atom stereocenters. The number of hydrogen-bond donors (Lipinski definition) is 2. The maximum absolute atomic E-state index is 13.6. The Labute approximate surface area is 183 Å². The van der Waals surface area contributed by atoms with Crippen molar-refractivity contribution in [2.45, 2.75) is 89.5 Å². The number of carbonyl (C=O) groups is 1. The fraction of sp³-hybridized carbons (Fsp3) is 0.962. The zero-order valence-corrected chi connectivity index (χ0v) is 21.8. The van der Waals surface area contributed by atoms with Gasteiger partial charge in [0.2, 0.25) is 5.91 Å². The zero-order valence-electron chi connectivity index (χ0n) is 21.8. The van der Waals surface area contributed by atoms with E-state index in [1.807, 2.05) is 0 Å². The van der Waals surface area contributed by atoms with Crippen molar-refractivity contribution in [1.29, 1.82) is 0 Å². The maximum atomic E-state index is 13.6. The van der Waals surface area contributed by atoms with Gasteiger partial charge in [0, 0.05) is 6.54 Å². The first-order valence-corrected chi connectivity index (χ1v) is 12.2. The Morgan fingerprint density at radius 1 is 0.724 bits per heavy atom. The molecule has 0 bridgehead atoms. The summed E-state index contributed by atoms with van der Waals surface area (Å²) in [5, 5.41) is 3.24. The van der Waals surface area contributed by atoms with Crippen molar-refractivity contribution >= 4 is 5.91 Å². The molecule has 0 spiro atoms. The van der Waals surface area contributed by atoms with Gasteiger partial charge in [0.05, 0.1) is 5.41 Å². The first-order valence-electron chi connectivity index (χ1n) is 12.2. The van der Waals surface area contributed by atoms with Gasteiger partial charge < -0.3 is 11.1 Å². The standard InChI is InChI=1S/C26H54N2O/c1-16(2)18(5)20(7)22(9)24(11)26(12,25(29)28-15-13-14-27)23(10)21(8)19(6)17(3)4/h16-24H,13-15,27H2,1-12H3,(H,28,29). The molecule has 0 aliphatic rings. The summed E-state index contributed by atoms with van der Waals surface area (Å²) in [5.74, 6) is 4.83. The molecule has 0 aliphatic heterocycles. The Morgan fingerprint density at radius 3 is 1.48 bits per heavy atom. The highest BCUT2D eigenvalue weighted by Crippen LogP contribution is 2.48. The van der Waals surface area contributed by atoms with Crippen LogP contribution in [-0.4, -0.2) is 19.0 Å². The molecule has 0 aromatic carbocycles. The lowest BCUT2D eigenvalue weighted by Crippen LogP contribution is -2.52. The SMILES string of the molecule is CC(C)C(C)C(C)C(C)C(C)C(C)(C(=O)NCCCN)C(C)C(C)C(C)C(C)C. The highest BCUT2D eigenvalue weighted by Gasteiger charge is 2.49. The Hall–Kier alpha value is -0.570. The molecular weight excluding hydrogens is 356 g/mol. The van der Waals surface area contributed by atoms with E-state index in [-0.39, 0.29) is 5.91 Å². The number of carbonyl (C=O) groups excluding carboxylic acids is 1. The van der Waals surface area contributed by atoms with Crippen LogP contribution in [0.3, 0.4) is 0 Å². The van der Waals surface area contributed by atoms with Gasteiger partial charge in [-0.15, -0.1) is 0 Å². The Balaban J connectivity index is 5.92. The van der Waals surface area contributed by atoms with Crippen LogP contribution in [0, 0.1) is 58.7 Å². The van der Waals surface area contributed by atoms with Crippen LogP contribution < -0.4 is 11.1 Å². The highest BCUT2D eigenvalue weighted by molar-refractivity contribution is 5.83. The topological polar surface area (TPSA) is 55.1 Å². The zero-order chi connectivity index (χ0) is 23.1. The fourth-order valence-corrected chi connectivity index (χ4v) is 5.02. The van der Waals surface area contributed by atoms with Gasteiger partial charge in [-0.2, -0.15) is 0 Å². The molecule has 3 heteroatoms. The van der Waals surface area contributed by atoms with Gasteiger partial charge in [0.1, 0.15) is 0 Å². The molecule has 0 aliphatic carbocycles. The molecule has 3 nitrogen and oxygen atoms in total. The highest BCUT2D eigenvalue weighted by atomic mass is 16.2. The van der Waals surface area contributed by atoms with E-state index >= 15 is 0 Å². The molecule has 0 saturated heterocycles. The van der Waals surface area contributed by atoms with E-state index in [0.717, 1.165) is 6.42 Å². The lowest BCUT2D eigenvalue weighted by atomic mass is 9.57. The van der Waals surface area contributed by atoms with Crippen molar-refractivity contribution < 1.29 is 4.79 Å².